The second kappa shape index (κ2) is 4.34. The Morgan fingerprint density at radius 2 is 2.56 bits per heavy atom. The molecule has 1 saturated heterocycles. The van der Waals surface area contributed by atoms with E-state index in [1.165, 1.54) is 0 Å². The molecule has 16 heavy (non-hydrogen) atoms. The third kappa shape index (κ3) is 2.21. The molecule has 0 spiro atoms. The van der Waals surface area contributed by atoms with E-state index >= 15 is 0 Å². The number of nitrogens with one attached hydrogen (secondary N) is 2. The molecular formula is C10H14N4O2. The predicted molar refractivity (Wildman–Crippen MR) is 57.6 cm³/mol. The number of rotatable bonds is 3. The van der Waals surface area contributed by atoms with Crippen LogP contribution in [0.1, 0.15) is 13.3 Å². The molecule has 2 amide bonds. The monoisotopic (exact) mass is 222 g/mol. The summed E-state index contributed by atoms with van der Waals surface area (Å²) in [5.74, 6) is -0.462. The van der Waals surface area contributed by atoms with Crippen molar-refractivity contribution in [3.63, 3.8) is 0 Å². The van der Waals surface area contributed by atoms with Gasteiger partial charge in [0.15, 0.2) is 0 Å². The molecule has 0 bridgehead atoms. The number of carbonyl (C=O) groups excluding carboxylic acids is 2. The van der Waals surface area contributed by atoms with Crippen LogP contribution < -0.4 is 10.6 Å². The molecule has 86 valence electrons. The largest absolute Gasteiger partial charge is 0.355 e. The van der Waals surface area contributed by atoms with Crippen molar-refractivity contribution < 1.29 is 9.59 Å². The van der Waals surface area contributed by atoms with E-state index in [-0.39, 0.29) is 24.2 Å². The lowest BCUT2D eigenvalue weighted by molar-refractivity contribution is -0.123. The maximum Gasteiger partial charge on any atom is 0.229 e. The Morgan fingerprint density at radius 1 is 1.75 bits per heavy atom. The number of anilines is 1. The van der Waals surface area contributed by atoms with Gasteiger partial charge in [-0.05, 0) is 6.92 Å². The van der Waals surface area contributed by atoms with E-state index in [9.17, 15) is 9.59 Å². The minimum Gasteiger partial charge on any atom is -0.355 e. The molecule has 1 unspecified atom stereocenters. The smallest absolute Gasteiger partial charge is 0.229 e. The van der Waals surface area contributed by atoms with E-state index in [1.807, 2.05) is 6.92 Å². The van der Waals surface area contributed by atoms with Crippen LogP contribution in [0, 0.1) is 5.92 Å². The van der Waals surface area contributed by atoms with Crippen molar-refractivity contribution in [2.75, 3.05) is 11.9 Å². The third-order valence-electron chi connectivity index (χ3n) is 2.57. The van der Waals surface area contributed by atoms with Gasteiger partial charge in [-0.2, -0.15) is 5.10 Å². The third-order valence-corrected chi connectivity index (χ3v) is 2.57. The van der Waals surface area contributed by atoms with Crippen LogP contribution >= 0.6 is 0 Å². The molecule has 0 saturated carbocycles. The SMILES string of the molecule is CCn1cc(NC(=O)C2CNC(=O)C2)cn1. The summed E-state index contributed by atoms with van der Waals surface area (Å²) in [5.41, 5.74) is 0.672. The van der Waals surface area contributed by atoms with Crippen LogP contribution in [0.25, 0.3) is 0 Å². The molecule has 0 aromatic carbocycles. The first kappa shape index (κ1) is 10.7. The van der Waals surface area contributed by atoms with Crippen LogP contribution in [0.2, 0.25) is 0 Å². The van der Waals surface area contributed by atoms with E-state index in [0.717, 1.165) is 6.54 Å². The normalized spacial score (nSPS) is 19.6. The van der Waals surface area contributed by atoms with Crippen molar-refractivity contribution in [1.82, 2.24) is 15.1 Å². The van der Waals surface area contributed by atoms with Gasteiger partial charge in [0.05, 0.1) is 17.8 Å². The Labute approximate surface area is 93.0 Å². The van der Waals surface area contributed by atoms with Gasteiger partial charge >= 0.3 is 0 Å². The molecule has 6 heteroatoms. The summed E-state index contributed by atoms with van der Waals surface area (Å²) >= 11 is 0. The Bertz CT molecular complexity index is 413. The molecule has 1 fully saturated rings. The molecule has 2 N–H and O–H groups in total. The molecule has 2 rings (SSSR count). The highest BCUT2D eigenvalue weighted by atomic mass is 16.2. The van der Waals surface area contributed by atoms with E-state index in [4.69, 9.17) is 0 Å². The minimum atomic E-state index is -0.266. The summed E-state index contributed by atoms with van der Waals surface area (Å²) in [6, 6.07) is 0. The minimum absolute atomic E-state index is 0.0654. The summed E-state index contributed by atoms with van der Waals surface area (Å²) < 4.78 is 1.73. The van der Waals surface area contributed by atoms with Gasteiger partial charge in [0.2, 0.25) is 11.8 Å². The number of carbonyl (C=O) groups is 2. The number of aromatic nitrogens is 2. The van der Waals surface area contributed by atoms with Crippen molar-refractivity contribution in [3.8, 4) is 0 Å². The number of hydrogen-bond donors (Lipinski definition) is 2. The Balaban J connectivity index is 1.94. The average Bonchev–Trinajstić information content (AvgIpc) is 2.87. The summed E-state index contributed by atoms with van der Waals surface area (Å²) in [6.45, 7) is 3.16. The fourth-order valence-corrected chi connectivity index (χ4v) is 1.64. The molecule has 1 aliphatic rings. The highest BCUT2D eigenvalue weighted by molar-refractivity contribution is 5.96. The number of hydrogen-bond acceptors (Lipinski definition) is 3. The molecule has 2 heterocycles. The van der Waals surface area contributed by atoms with Crippen LogP contribution in [0.15, 0.2) is 12.4 Å². The fourth-order valence-electron chi connectivity index (χ4n) is 1.64. The van der Waals surface area contributed by atoms with Crippen molar-refractivity contribution in [2.45, 2.75) is 19.9 Å². The molecule has 1 aliphatic heterocycles. The van der Waals surface area contributed by atoms with Gasteiger partial charge < -0.3 is 10.6 Å². The summed E-state index contributed by atoms with van der Waals surface area (Å²) in [6.07, 6.45) is 3.64. The van der Waals surface area contributed by atoms with Crippen molar-refractivity contribution in [3.05, 3.63) is 12.4 Å². The molecule has 0 aliphatic carbocycles. The zero-order valence-electron chi connectivity index (χ0n) is 9.06. The van der Waals surface area contributed by atoms with Gasteiger partial charge in [-0.1, -0.05) is 0 Å². The maximum atomic E-state index is 11.7. The Hall–Kier alpha value is -1.85. The predicted octanol–water partition coefficient (Wildman–Crippen LogP) is -0.0224. The van der Waals surface area contributed by atoms with Gasteiger partial charge in [-0.3, -0.25) is 14.3 Å². The molecule has 0 radical (unpaired) electrons. The zero-order chi connectivity index (χ0) is 11.5. The van der Waals surface area contributed by atoms with Gasteiger partial charge in [0.1, 0.15) is 0 Å². The average molecular weight is 222 g/mol. The second-order valence-electron chi connectivity index (χ2n) is 3.78. The second-order valence-corrected chi connectivity index (χ2v) is 3.78. The summed E-state index contributed by atoms with van der Waals surface area (Å²) in [4.78, 5) is 22.7. The molecule has 1 atom stereocenters. The quantitative estimate of drug-likeness (QED) is 0.754. The van der Waals surface area contributed by atoms with Crippen LogP contribution in [0.5, 0.6) is 0 Å². The van der Waals surface area contributed by atoms with Crippen LogP contribution in [0.4, 0.5) is 5.69 Å². The molecule has 1 aromatic heterocycles. The molecular weight excluding hydrogens is 208 g/mol. The van der Waals surface area contributed by atoms with E-state index in [1.54, 1.807) is 17.1 Å². The number of amides is 2. The highest BCUT2D eigenvalue weighted by Gasteiger charge is 2.27. The van der Waals surface area contributed by atoms with Crippen LogP contribution in [-0.2, 0) is 16.1 Å². The first-order valence-electron chi connectivity index (χ1n) is 5.29. The van der Waals surface area contributed by atoms with Crippen LogP contribution in [0.3, 0.4) is 0 Å². The lowest BCUT2D eigenvalue weighted by Gasteiger charge is -2.06. The van der Waals surface area contributed by atoms with Gasteiger partial charge in [-0.15, -0.1) is 0 Å². The first-order chi connectivity index (χ1) is 7.69. The molecule has 1 aromatic rings. The maximum absolute atomic E-state index is 11.7. The summed E-state index contributed by atoms with van der Waals surface area (Å²) in [7, 11) is 0. The van der Waals surface area contributed by atoms with Crippen molar-refractivity contribution in [1.29, 1.82) is 0 Å². The standard InChI is InChI=1S/C10H14N4O2/c1-2-14-6-8(5-12-14)13-10(16)7-3-9(15)11-4-7/h5-7H,2-4H2,1H3,(H,11,15)(H,13,16). The lowest BCUT2D eigenvalue weighted by atomic mass is 10.1. The fraction of sp³-hybridized carbons (Fsp3) is 0.500. The van der Waals surface area contributed by atoms with Crippen molar-refractivity contribution in [2.24, 2.45) is 5.92 Å². The Morgan fingerprint density at radius 3 is 3.12 bits per heavy atom. The topological polar surface area (TPSA) is 76.0 Å². The highest BCUT2D eigenvalue weighted by Crippen LogP contribution is 2.13. The number of nitrogens with zero attached hydrogens (tertiary/aromatic N) is 2. The van der Waals surface area contributed by atoms with Crippen molar-refractivity contribution >= 4 is 17.5 Å². The van der Waals surface area contributed by atoms with Crippen LogP contribution in [-0.4, -0.2) is 28.1 Å². The van der Waals surface area contributed by atoms with Gasteiger partial charge in [-0.25, -0.2) is 0 Å². The lowest BCUT2D eigenvalue weighted by Crippen LogP contribution is -2.24. The van der Waals surface area contributed by atoms with E-state index in [0.29, 0.717) is 12.2 Å². The van der Waals surface area contributed by atoms with E-state index < -0.39 is 0 Å². The number of aryl methyl sites for hydroxylation is 1. The van der Waals surface area contributed by atoms with Gasteiger partial charge in [0, 0.05) is 25.7 Å². The first-order valence-corrected chi connectivity index (χ1v) is 5.29. The summed E-state index contributed by atoms with van der Waals surface area (Å²) in [5, 5.41) is 9.43. The van der Waals surface area contributed by atoms with Gasteiger partial charge in [0.25, 0.3) is 0 Å². The van der Waals surface area contributed by atoms with E-state index in [2.05, 4.69) is 15.7 Å². The zero-order valence-corrected chi connectivity index (χ0v) is 9.06. The molecule has 6 nitrogen and oxygen atoms in total. The Kier molecular flexibility index (Phi) is 2.89.